The van der Waals surface area contributed by atoms with Crippen LogP contribution in [0.1, 0.15) is 43.8 Å². The Bertz CT molecular complexity index is 442. The van der Waals surface area contributed by atoms with Gasteiger partial charge in [0.05, 0.1) is 12.2 Å². The van der Waals surface area contributed by atoms with E-state index in [1.54, 1.807) is 6.07 Å². The number of aliphatic hydroxyl groups is 1. The summed E-state index contributed by atoms with van der Waals surface area (Å²) in [6, 6.07) is 5.49. The number of hydrogen-bond donors (Lipinski definition) is 1. The smallest absolute Gasteiger partial charge is 0.406 e. The van der Waals surface area contributed by atoms with Crippen molar-refractivity contribution in [3.05, 3.63) is 29.8 Å². The molecule has 0 bridgehead atoms. The van der Waals surface area contributed by atoms with Gasteiger partial charge in [0.25, 0.3) is 0 Å². The molecule has 0 aromatic heterocycles. The lowest BCUT2D eigenvalue weighted by Crippen LogP contribution is -2.17. The molecule has 3 nitrogen and oxygen atoms in total. The van der Waals surface area contributed by atoms with E-state index in [9.17, 15) is 18.3 Å². The average molecular weight is 304 g/mol. The van der Waals surface area contributed by atoms with Gasteiger partial charge in [0.2, 0.25) is 0 Å². The van der Waals surface area contributed by atoms with Crippen LogP contribution in [0.15, 0.2) is 24.3 Å². The molecule has 1 saturated heterocycles. The van der Waals surface area contributed by atoms with Crippen LogP contribution in [-0.2, 0) is 4.74 Å². The molecule has 6 heteroatoms. The van der Waals surface area contributed by atoms with Crippen molar-refractivity contribution in [3.63, 3.8) is 0 Å². The molecule has 0 amide bonds. The highest BCUT2D eigenvalue weighted by atomic mass is 19.4. The lowest BCUT2D eigenvalue weighted by atomic mass is 10.0. The number of hydrogen-bond acceptors (Lipinski definition) is 3. The molecule has 1 fully saturated rings. The fourth-order valence-electron chi connectivity index (χ4n) is 2.50. The summed E-state index contributed by atoms with van der Waals surface area (Å²) in [4.78, 5) is 0. The van der Waals surface area contributed by atoms with E-state index in [-0.39, 0.29) is 11.9 Å². The first-order chi connectivity index (χ1) is 9.94. The molecule has 2 atom stereocenters. The number of benzene rings is 1. The highest BCUT2D eigenvalue weighted by molar-refractivity contribution is 5.30. The summed E-state index contributed by atoms with van der Waals surface area (Å²) >= 11 is 0. The Labute approximate surface area is 121 Å². The highest BCUT2D eigenvalue weighted by Gasteiger charge is 2.31. The quantitative estimate of drug-likeness (QED) is 0.864. The van der Waals surface area contributed by atoms with Gasteiger partial charge >= 0.3 is 6.36 Å². The van der Waals surface area contributed by atoms with E-state index in [1.807, 2.05) is 0 Å². The van der Waals surface area contributed by atoms with E-state index < -0.39 is 12.5 Å². The molecule has 2 unspecified atom stereocenters. The Balaban J connectivity index is 1.83. The SMILES string of the molecule is OC(CCCC1CCCO1)c1cccc(OC(F)(F)F)c1. The molecule has 0 aliphatic carbocycles. The molecule has 1 aromatic carbocycles. The highest BCUT2D eigenvalue weighted by Crippen LogP contribution is 2.28. The van der Waals surface area contributed by atoms with Crippen molar-refractivity contribution in [1.82, 2.24) is 0 Å². The van der Waals surface area contributed by atoms with Gasteiger partial charge in [-0.3, -0.25) is 0 Å². The van der Waals surface area contributed by atoms with Gasteiger partial charge in [-0.15, -0.1) is 13.2 Å². The van der Waals surface area contributed by atoms with E-state index >= 15 is 0 Å². The Hall–Kier alpha value is -1.27. The minimum absolute atomic E-state index is 0.261. The molecular weight excluding hydrogens is 285 g/mol. The molecule has 0 saturated carbocycles. The zero-order valence-corrected chi connectivity index (χ0v) is 11.6. The lowest BCUT2D eigenvalue weighted by molar-refractivity contribution is -0.274. The summed E-state index contributed by atoms with van der Waals surface area (Å²) < 4.78 is 45.8. The van der Waals surface area contributed by atoms with Crippen molar-refractivity contribution >= 4 is 0 Å². The van der Waals surface area contributed by atoms with E-state index in [4.69, 9.17) is 4.74 Å². The number of rotatable bonds is 6. The molecule has 1 aliphatic rings. The maximum absolute atomic E-state index is 12.2. The van der Waals surface area contributed by atoms with Gasteiger partial charge in [-0.05, 0) is 49.8 Å². The van der Waals surface area contributed by atoms with Crippen molar-refractivity contribution in [2.24, 2.45) is 0 Å². The Morgan fingerprint density at radius 1 is 1.38 bits per heavy atom. The minimum Gasteiger partial charge on any atom is -0.406 e. The molecule has 0 spiro atoms. The van der Waals surface area contributed by atoms with Crippen molar-refractivity contribution in [1.29, 1.82) is 0 Å². The standard InChI is InChI=1S/C15H19F3O3/c16-15(17,18)21-13-6-1-4-11(10-13)14(19)8-2-5-12-7-3-9-20-12/h1,4,6,10,12,14,19H,2-3,5,7-9H2. The van der Waals surface area contributed by atoms with Crippen LogP contribution in [0.4, 0.5) is 13.2 Å². The zero-order valence-electron chi connectivity index (χ0n) is 11.6. The summed E-state index contributed by atoms with van der Waals surface area (Å²) in [5.41, 5.74) is 0.434. The zero-order chi connectivity index (χ0) is 15.3. The van der Waals surface area contributed by atoms with Gasteiger partial charge in [0.1, 0.15) is 5.75 Å². The lowest BCUT2D eigenvalue weighted by Gasteiger charge is -2.15. The van der Waals surface area contributed by atoms with Crippen LogP contribution in [0.2, 0.25) is 0 Å². The Morgan fingerprint density at radius 2 is 2.19 bits per heavy atom. The van der Waals surface area contributed by atoms with Crippen LogP contribution in [-0.4, -0.2) is 24.2 Å². The normalized spacial score (nSPS) is 20.5. The van der Waals surface area contributed by atoms with Crippen molar-refractivity contribution in [2.45, 2.75) is 50.7 Å². The van der Waals surface area contributed by atoms with Gasteiger partial charge in [-0.1, -0.05) is 12.1 Å². The van der Waals surface area contributed by atoms with Gasteiger partial charge in [-0.2, -0.15) is 0 Å². The predicted molar refractivity (Wildman–Crippen MR) is 70.9 cm³/mol. The second-order valence-corrected chi connectivity index (χ2v) is 5.20. The molecule has 1 heterocycles. The summed E-state index contributed by atoms with van der Waals surface area (Å²) in [5.74, 6) is -0.307. The molecule has 1 aliphatic heterocycles. The van der Waals surface area contributed by atoms with E-state index in [0.717, 1.165) is 32.3 Å². The monoisotopic (exact) mass is 304 g/mol. The second kappa shape index (κ2) is 7.13. The Morgan fingerprint density at radius 3 is 2.86 bits per heavy atom. The molecule has 1 aromatic rings. The van der Waals surface area contributed by atoms with E-state index in [2.05, 4.69) is 4.74 Å². The van der Waals surface area contributed by atoms with Gasteiger partial charge in [0.15, 0.2) is 0 Å². The largest absolute Gasteiger partial charge is 0.573 e. The number of ether oxygens (including phenoxy) is 2. The fourth-order valence-corrected chi connectivity index (χ4v) is 2.50. The van der Waals surface area contributed by atoms with Crippen LogP contribution in [0.25, 0.3) is 0 Å². The molecular formula is C15H19F3O3. The molecule has 2 rings (SSSR count). The summed E-state index contributed by atoms with van der Waals surface area (Å²) in [7, 11) is 0. The van der Waals surface area contributed by atoms with Crippen molar-refractivity contribution in [2.75, 3.05) is 6.61 Å². The summed E-state index contributed by atoms with van der Waals surface area (Å²) in [6.45, 7) is 0.796. The van der Waals surface area contributed by atoms with Gasteiger partial charge in [-0.25, -0.2) is 0 Å². The van der Waals surface area contributed by atoms with Crippen LogP contribution in [0, 0.1) is 0 Å². The number of alkyl halides is 3. The second-order valence-electron chi connectivity index (χ2n) is 5.20. The summed E-state index contributed by atoms with van der Waals surface area (Å²) in [5, 5.41) is 10.0. The van der Waals surface area contributed by atoms with Crippen LogP contribution >= 0.6 is 0 Å². The summed E-state index contributed by atoms with van der Waals surface area (Å²) in [6.07, 6.45) is -0.986. The van der Waals surface area contributed by atoms with Crippen LogP contribution in [0.3, 0.4) is 0 Å². The van der Waals surface area contributed by atoms with Crippen LogP contribution < -0.4 is 4.74 Å². The van der Waals surface area contributed by atoms with Crippen LogP contribution in [0.5, 0.6) is 5.75 Å². The third kappa shape index (κ3) is 5.55. The van der Waals surface area contributed by atoms with E-state index in [0.29, 0.717) is 12.0 Å². The van der Waals surface area contributed by atoms with Crippen molar-refractivity contribution < 1.29 is 27.8 Å². The van der Waals surface area contributed by atoms with E-state index in [1.165, 1.54) is 18.2 Å². The first kappa shape index (κ1) is 16.1. The number of aliphatic hydroxyl groups excluding tert-OH is 1. The van der Waals surface area contributed by atoms with Crippen molar-refractivity contribution in [3.8, 4) is 5.75 Å². The molecule has 0 radical (unpaired) electrons. The Kier molecular flexibility index (Phi) is 5.47. The third-order valence-electron chi connectivity index (χ3n) is 3.50. The number of halogens is 3. The molecule has 118 valence electrons. The predicted octanol–water partition coefficient (Wildman–Crippen LogP) is 3.97. The first-order valence-electron chi connectivity index (χ1n) is 7.09. The van der Waals surface area contributed by atoms with Gasteiger partial charge in [0, 0.05) is 6.61 Å². The fraction of sp³-hybridized carbons (Fsp3) is 0.600. The third-order valence-corrected chi connectivity index (χ3v) is 3.50. The maximum Gasteiger partial charge on any atom is 0.573 e. The average Bonchev–Trinajstić information content (AvgIpc) is 2.90. The molecule has 1 N–H and O–H groups in total. The van der Waals surface area contributed by atoms with Gasteiger partial charge < -0.3 is 14.6 Å². The topological polar surface area (TPSA) is 38.7 Å². The maximum atomic E-state index is 12.2. The minimum atomic E-state index is -4.72. The molecule has 21 heavy (non-hydrogen) atoms. The first-order valence-corrected chi connectivity index (χ1v) is 7.09.